The number of phenols is 3. The normalized spacial score (nSPS) is 25.3. The molecule has 0 saturated carbocycles. The molecule has 2 unspecified atom stereocenters. The molecule has 0 aromatic heterocycles. The molecule has 6 rings (SSSR count). The van der Waals surface area contributed by atoms with E-state index in [2.05, 4.69) is 0 Å². The van der Waals surface area contributed by atoms with Crippen LogP contribution in [0.5, 0.6) is 23.0 Å². The minimum absolute atomic E-state index is 0.0151. The average Bonchev–Trinajstić information content (AvgIpc) is 2.83. The number of carbonyl (C=O) groups excluding carboxylic acids is 2. The molecule has 1 fully saturated rings. The number of ether oxygens (including phenoxy) is 2. The Morgan fingerprint density at radius 1 is 1.04 bits per heavy atom. The van der Waals surface area contributed by atoms with Crippen molar-refractivity contribution in [3.05, 3.63) is 46.0 Å². The monoisotopic (exact) mass is 368 g/mol. The molecule has 138 valence electrons. The van der Waals surface area contributed by atoms with Crippen molar-refractivity contribution in [3.8, 4) is 23.0 Å². The maximum atomic E-state index is 13.0. The van der Waals surface area contributed by atoms with E-state index in [0.29, 0.717) is 30.8 Å². The second-order valence-electron chi connectivity index (χ2n) is 7.39. The Kier molecular flexibility index (Phi) is 3.00. The first kappa shape index (κ1) is 16.1. The van der Waals surface area contributed by atoms with E-state index in [1.807, 2.05) is 0 Å². The Labute approximate surface area is 153 Å². The summed E-state index contributed by atoms with van der Waals surface area (Å²) >= 11 is 0. The number of rotatable bonds is 0. The summed E-state index contributed by atoms with van der Waals surface area (Å²) in [7, 11) is 0. The minimum atomic E-state index is -0.849. The van der Waals surface area contributed by atoms with E-state index in [1.165, 1.54) is 6.07 Å². The average molecular weight is 368 g/mol. The maximum Gasteiger partial charge on any atom is 0.207 e. The van der Waals surface area contributed by atoms with Crippen LogP contribution < -0.4 is 4.74 Å². The van der Waals surface area contributed by atoms with E-state index >= 15 is 0 Å². The predicted octanol–water partition coefficient (Wildman–Crippen LogP) is 2.58. The zero-order chi connectivity index (χ0) is 19.1. The number of carbonyl (C=O) groups is 2. The highest BCUT2D eigenvalue weighted by molar-refractivity contribution is 6.30. The summed E-state index contributed by atoms with van der Waals surface area (Å²) in [5, 5.41) is 30.7. The van der Waals surface area contributed by atoms with Gasteiger partial charge in [-0.15, -0.1) is 0 Å². The Morgan fingerprint density at radius 2 is 1.78 bits per heavy atom. The molecule has 27 heavy (non-hydrogen) atoms. The molecule has 3 aliphatic heterocycles. The summed E-state index contributed by atoms with van der Waals surface area (Å²) < 4.78 is 11.7. The second-order valence-corrected chi connectivity index (χ2v) is 7.39. The molecule has 7 nitrogen and oxygen atoms in total. The van der Waals surface area contributed by atoms with Gasteiger partial charge in [0.25, 0.3) is 0 Å². The van der Waals surface area contributed by atoms with Crippen molar-refractivity contribution >= 4 is 11.6 Å². The highest BCUT2D eigenvalue weighted by Crippen LogP contribution is 2.51. The number of ketones is 2. The summed E-state index contributed by atoms with van der Waals surface area (Å²) in [5.41, 5.74) is -0.0335. The Bertz CT molecular complexity index is 1050. The third-order valence-corrected chi connectivity index (χ3v) is 5.62. The van der Waals surface area contributed by atoms with E-state index in [-0.39, 0.29) is 39.7 Å². The largest absolute Gasteiger partial charge is 0.508 e. The van der Waals surface area contributed by atoms with Crippen LogP contribution >= 0.6 is 0 Å². The van der Waals surface area contributed by atoms with Crippen molar-refractivity contribution in [2.45, 2.75) is 31.5 Å². The van der Waals surface area contributed by atoms with Crippen molar-refractivity contribution in [2.24, 2.45) is 0 Å². The lowest BCUT2D eigenvalue weighted by atomic mass is 9.79. The second kappa shape index (κ2) is 5.01. The molecule has 3 N–H and O–H groups in total. The van der Waals surface area contributed by atoms with Gasteiger partial charge in [-0.2, -0.15) is 0 Å². The van der Waals surface area contributed by atoms with Gasteiger partial charge in [-0.1, -0.05) is 0 Å². The number of hydrogen-bond donors (Lipinski definition) is 3. The van der Waals surface area contributed by atoms with Gasteiger partial charge in [-0.3, -0.25) is 9.59 Å². The molecule has 2 bridgehead atoms. The van der Waals surface area contributed by atoms with Crippen LogP contribution in [0.3, 0.4) is 0 Å². The number of benzene rings is 2. The van der Waals surface area contributed by atoms with Crippen molar-refractivity contribution in [3.63, 3.8) is 0 Å². The summed E-state index contributed by atoms with van der Waals surface area (Å²) in [6, 6.07) is 3.59. The highest BCUT2D eigenvalue weighted by Gasteiger charge is 2.44. The number of phenolic OH excluding ortho intramolecular Hbond substituents is 3. The molecule has 2 aromatic carbocycles. The molecule has 0 spiro atoms. The first-order valence-corrected chi connectivity index (χ1v) is 8.67. The fourth-order valence-electron chi connectivity index (χ4n) is 4.26. The molecule has 1 aliphatic carbocycles. The van der Waals surface area contributed by atoms with Crippen LogP contribution in [0.2, 0.25) is 0 Å². The van der Waals surface area contributed by atoms with Crippen LogP contribution in [0.4, 0.5) is 0 Å². The summed E-state index contributed by atoms with van der Waals surface area (Å²) in [6.45, 7) is 2.14. The van der Waals surface area contributed by atoms with Crippen LogP contribution in [0.15, 0.2) is 18.2 Å². The summed E-state index contributed by atoms with van der Waals surface area (Å²) in [5.74, 6) is -3.06. The first-order chi connectivity index (χ1) is 12.8. The molecule has 1 saturated heterocycles. The molecule has 3 heterocycles. The SMILES string of the molecule is CC12CCC(CO1)c1c(cc3c(c1O)C(=O)c1c(O)cc(O)cc1C3=O)O2. The Balaban J connectivity index is 1.79. The van der Waals surface area contributed by atoms with Gasteiger partial charge in [0.1, 0.15) is 23.0 Å². The number of aromatic hydroxyl groups is 3. The van der Waals surface area contributed by atoms with Crippen molar-refractivity contribution in [1.82, 2.24) is 0 Å². The molecule has 2 aromatic rings. The van der Waals surface area contributed by atoms with E-state index < -0.39 is 23.1 Å². The molecule has 0 amide bonds. The zero-order valence-corrected chi connectivity index (χ0v) is 14.4. The predicted molar refractivity (Wildman–Crippen MR) is 91.7 cm³/mol. The number of fused-ring (bicyclic) bond motifs is 4. The minimum Gasteiger partial charge on any atom is -0.508 e. The summed E-state index contributed by atoms with van der Waals surface area (Å²) in [4.78, 5) is 26.0. The fourth-order valence-corrected chi connectivity index (χ4v) is 4.26. The van der Waals surface area contributed by atoms with Gasteiger partial charge < -0.3 is 24.8 Å². The van der Waals surface area contributed by atoms with Gasteiger partial charge in [0.05, 0.1) is 17.7 Å². The molecular formula is C20H16O7. The van der Waals surface area contributed by atoms with E-state index in [9.17, 15) is 24.9 Å². The van der Waals surface area contributed by atoms with Gasteiger partial charge in [-0.05, 0) is 18.6 Å². The molecule has 4 aliphatic rings. The maximum absolute atomic E-state index is 13.0. The smallest absolute Gasteiger partial charge is 0.207 e. The van der Waals surface area contributed by atoms with Crippen LogP contribution in [-0.4, -0.2) is 39.3 Å². The Hall–Kier alpha value is -3.06. The van der Waals surface area contributed by atoms with Gasteiger partial charge in [0.2, 0.25) is 11.6 Å². The molecular weight excluding hydrogens is 352 g/mol. The van der Waals surface area contributed by atoms with Crippen molar-refractivity contribution in [2.75, 3.05) is 6.61 Å². The molecule has 0 radical (unpaired) electrons. The van der Waals surface area contributed by atoms with Crippen molar-refractivity contribution < 1.29 is 34.4 Å². The van der Waals surface area contributed by atoms with E-state index in [4.69, 9.17) is 9.47 Å². The van der Waals surface area contributed by atoms with Crippen LogP contribution in [0.25, 0.3) is 0 Å². The standard InChI is InChI=1S/C20H16O7/c1-20-3-2-8(7-26-20)14-13(27-20)6-11-16(18(14)24)19(25)15-10(17(11)23)4-9(21)5-12(15)22/h4-6,8,21-22,24H,2-3,7H2,1H3. The van der Waals surface area contributed by atoms with Crippen molar-refractivity contribution in [1.29, 1.82) is 0 Å². The first-order valence-electron chi connectivity index (χ1n) is 8.67. The summed E-state index contributed by atoms with van der Waals surface area (Å²) in [6.07, 6.45) is 1.33. The zero-order valence-electron chi connectivity index (χ0n) is 14.4. The molecule has 2 atom stereocenters. The quantitative estimate of drug-likeness (QED) is 0.559. The van der Waals surface area contributed by atoms with Gasteiger partial charge >= 0.3 is 0 Å². The lowest BCUT2D eigenvalue weighted by Crippen LogP contribution is -2.38. The van der Waals surface area contributed by atoms with E-state index in [0.717, 1.165) is 12.1 Å². The van der Waals surface area contributed by atoms with E-state index in [1.54, 1.807) is 6.92 Å². The Morgan fingerprint density at radius 3 is 2.48 bits per heavy atom. The lowest BCUT2D eigenvalue weighted by molar-refractivity contribution is -0.188. The van der Waals surface area contributed by atoms with Crippen LogP contribution in [0.1, 0.15) is 63.1 Å². The van der Waals surface area contributed by atoms with Crippen LogP contribution in [0, 0.1) is 0 Å². The fraction of sp³-hybridized carbons (Fsp3) is 0.300. The van der Waals surface area contributed by atoms with Gasteiger partial charge in [0, 0.05) is 42.0 Å². The van der Waals surface area contributed by atoms with Crippen LogP contribution in [-0.2, 0) is 4.74 Å². The topological polar surface area (TPSA) is 113 Å². The number of hydrogen-bond acceptors (Lipinski definition) is 7. The lowest BCUT2D eigenvalue weighted by Gasteiger charge is -2.32. The third-order valence-electron chi connectivity index (χ3n) is 5.62. The highest BCUT2D eigenvalue weighted by atomic mass is 16.7. The van der Waals surface area contributed by atoms with Gasteiger partial charge in [0.15, 0.2) is 5.78 Å². The van der Waals surface area contributed by atoms with Gasteiger partial charge in [-0.25, -0.2) is 0 Å². The third kappa shape index (κ3) is 2.06. The molecule has 7 heteroatoms.